The highest BCUT2D eigenvalue weighted by atomic mass is 35.5. The second kappa shape index (κ2) is 6.29. The molecule has 2 aliphatic heterocycles. The lowest BCUT2D eigenvalue weighted by Crippen LogP contribution is -2.43. The number of anilines is 1. The summed E-state index contributed by atoms with van der Waals surface area (Å²) < 4.78 is 63.7. The predicted molar refractivity (Wildman–Crippen MR) is 92.3 cm³/mol. The number of rotatable bonds is 3. The average molecular weight is 406 g/mol. The van der Waals surface area contributed by atoms with Gasteiger partial charge in [0.25, 0.3) is 0 Å². The van der Waals surface area contributed by atoms with E-state index >= 15 is 0 Å². The van der Waals surface area contributed by atoms with Gasteiger partial charge in [0.15, 0.2) is 5.84 Å². The molecule has 0 amide bonds. The Kier molecular flexibility index (Phi) is 4.49. The number of likely N-dealkylation sites (N-methyl/N-ethyl adjacent to an activating group) is 1. The van der Waals surface area contributed by atoms with Gasteiger partial charge in [-0.25, -0.2) is 4.99 Å². The van der Waals surface area contributed by atoms with Gasteiger partial charge in [-0.15, -0.1) is 0 Å². The lowest BCUT2D eigenvalue weighted by atomic mass is 10.1. The van der Waals surface area contributed by atoms with E-state index in [-0.39, 0.29) is 17.7 Å². The second-order valence-corrected chi connectivity index (χ2v) is 6.53. The number of halogens is 6. The standard InChI is InChI=1S/C16H13ClF5N5/c1-27-13(24)10(6-12(23)15(18,19)16(20,21)22)26-14(27)11-5-7-4-8(17)2-3-9(7)25-11/h2-4,6,11,23-25H,5H2,1H3/b10-6+,23-12?,24-13?. The van der Waals surface area contributed by atoms with E-state index in [1.54, 1.807) is 18.2 Å². The molecule has 0 bridgehead atoms. The Morgan fingerprint density at radius 3 is 2.63 bits per heavy atom. The van der Waals surface area contributed by atoms with Gasteiger partial charge in [-0.05, 0) is 29.8 Å². The minimum Gasteiger partial charge on any atom is -0.375 e. The minimum absolute atomic E-state index is 0.276. The Morgan fingerprint density at radius 2 is 2.00 bits per heavy atom. The summed E-state index contributed by atoms with van der Waals surface area (Å²) in [4.78, 5) is 5.29. The molecule has 0 fully saturated rings. The van der Waals surface area contributed by atoms with E-state index in [9.17, 15) is 22.0 Å². The van der Waals surface area contributed by atoms with Crippen LogP contribution in [-0.2, 0) is 6.42 Å². The van der Waals surface area contributed by atoms with Gasteiger partial charge in [0.2, 0.25) is 0 Å². The van der Waals surface area contributed by atoms with Crippen molar-refractivity contribution in [3.63, 3.8) is 0 Å². The van der Waals surface area contributed by atoms with Crippen molar-refractivity contribution in [2.45, 2.75) is 24.6 Å². The highest BCUT2D eigenvalue weighted by Crippen LogP contribution is 2.37. The van der Waals surface area contributed by atoms with Gasteiger partial charge in [-0.2, -0.15) is 22.0 Å². The number of hydrogen-bond donors (Lipinski definition) is 3. The molecule has 0 radical (unpaired) electrons. The summed E-state index contributed by atoms with van der Waals surface area (Å²) >= 11 is 5.94. The minimum atomic E-state index is -5.89. The molecule has 3 rings (SSSR count). The van der Waals surface area contributed by atoms with Crippen LogP contribution in [0.3, 0.4) is 0 Å². The maximum Gasteiger partial charge on any atom is 0.459 e. The number of aliphatic imine (C=N–C) groups is 1. The number of nitrogens with zero attached hydrogens (tertiary/aromatic N) is 2. The van der Waals surface area contributed by atoms with Crippen LogP contribution in [0, 0.1) is 10.8 Å². The van der Waals surface area contributed by atoms with Crippen molar-refractivity contribution in [3.8, 4) is 0 Å². The molecule has 5 nitrogen and oxygen atoms in total. The van der Waals surface area contributed by atoms with Gasteiger partial charge in [-0.1, -0.05) is 11.6 Å². The van der Waals surface area contributed by atoms with E-state index in [0.29, 0.717) is 11.4 Å². The zero-order chi connectivity index (χ0) is 20.1. The highest BCUT2D eigenvalue weighted by molar-refractivity contribution is 6.30. The number of alkyl halides is 5. The molecule has 2 aliphatic rings. The van der Waals surface area contributed by atoms with Gasteiger partial charge in [0, 0.05) is 24.2 Å². The SMILES string of the molecule is CN1C(=N)/C(=C\C(=N)C(F)(F)C(F)(F)F)N=C1C1Cc2cc(Cl)ccc2N1. The Hall–Kier alpha value is -2.49. The fourth-order valence-electron chi connectivity index (χ4n) is 2.82. The van der Waals surface area contributed by atoms with Crippen LogP contribution in [0.5, 0.6) is 0 Å². The first-order chi connectivity index (χ1) is 12.4. The zero-order valence-corrected chi connectivity index (χ0v) is 14.5. The van der Waals surface area contributed by atoms with Gasteiger partial charge in [0.1, 0.15) is 17.2 Å². The molecule has 144 valence electrons. The summed E-state index contributed by atoms with van der Waals surface area (Å²) in [6.07, 6.45) is -5.16. The summed E-state index contributed by atoms with van der Waals surface area (Å²) in [6.45, 7) is 0. The third kappa shape index (κ3) is 3.29. The van der Waals surface area contributed by atoms with Crippen molar-refractivity contribution >= 4 is 34.7 Å². The van der Waals surface area contributed by atoms with Crippen molar-refractivity contribution in [3.05, 3.63) is 40.6 Å². The topological polar surface area (TPSA) is 75.3 Å². The maximum absolute atomic E-state index is 13.3. The number of fused-ring (bicyclic) bond motifs is 1. The van der Waals surface area contributed by atoms with Crippen molar-refractivity contribution in [2.24, 2.45) is 4.99 Å². The Morgan fingerprint density at radius 1 is 1.33 bits per heavy atom. The quantitative estimate of drug-likeness (QED) is 0.523. The van der Waals surface area contributed by atoms with Gasteiger partial charge in [-0.3, -0.25) is 10.8 Å². The van der Waals surface area contributed by atoms with Crippen LogP contribution >= 0.6 is 11.6 Å². The Labute approximate surface area is 155 Å². The first-order valence-corrected chi connectivity index (χ1v) is 8.01. The highest BCUT2D eigenvalue weighted by Gasteiger charge is 2.60. The average Bonchev–Trinajstić information content (AvgIpc) is 3.09. The van der Waals surface area contributed by atoms with Crippen LogP contribution < -0.4 is 5.32 Å². The molecule has 1 aromatic rings. The summed E-state index contributed by atoms with van der Waals surface area (Å²) in [5.41, 5.74) is -0.718. The molecular formula is C16H13ClF5N5. The third-order valence-electron chi connectivity index (χ3n) is 4.26. The fourth-order valence-corrected chi connectivity index (χ4v) is 3.01. The molecule has 1 unspecified atom stereocenters. The Bertz CT molecular complexity index is 890. The van der Waals surface area contributed by atoms with Gasteiger partial charge >= 0.3 is 12.1 Å². The second-order valence-electron chi connectivity index (χ2n) is 6.10. The predicted octanol–water partition coefficient (Wildman–Crippen LogP) is 4.10. The zero-order valence-electron chi connectivity index (χ0n) is 13.8. The summed E-state index contributed by atoms with van der Waals surface area (Å²) in [5, 5.41) is 18.7. The number of allylic oxidation sites excluding steroid dienone is 1. The van der Waals surface area contributed by atoms with Crippen LogP contribution in [0.2, 0.25) is 5.02 Å². The third-order valence-corrected chi connectivity index (χ3v) is 4.50. The van der Waals surface area contributed by atoms with Crippen molar-refractivity contribution < 1.29 is 22.0 Å². The smallest absolute Gasteiger partial charge is 0.375 e. The van der Waals surface area contributed by atoms with E-state index in [4.69, 9.17) is 22.4 Å². The molecule has 0 saturated carbocycles. The van der Waals surface area contributed by atoms with Crippen LogP contribution in [0.4, 0.5) is 27.6 Å². The molecule has 0 aliphatic carbocycles. The molecule has 2 heterocycles. The van der Waals surface area contributed by atoms with Gasteiger partial charge < -0.3 is 10.2 Å². The number of amidine groups is 2. The molecule has 27 heavy (non-hydrogen) atoms. The van der Waals surface area contributed by atoms with Crippen LogP contribution in [0.15, 0.2) is 35.0 Å². The van der Waals surface area contributed by atoms with E-state index in [1.807, 2.05) is 0 Å². The van der Waals surface area contributed by atoms with E-state index in [2.05, 4.69) is 10.3 Å². The first-order valence-electron chi connectivity index (χ1n) is 7.63. The van der Waals surface area contributed by atoms with E-state index in [0.717, 1.165) is 11.3 Å². The molecule has 3 N–H and O–H groups in total. The first kappa shape index (κ1) is 19.3. The summed E-state index contributed by atoms with van der Waals surface area (Å²) in [5.74, 6) is -5.42. The van der Waals surface area contributed by atoms with Crippen LogP contribution in [0.25, 0.3) is 0 Å². The maximum atomic E-state index is 13.3. The molecular weight excluding hydrogens is 393 g/mol. The number of nitrogens with one attached hydrogen (secondary N) is 3. The molecule has 1 aromatic carbocycles. The molecule has 0 aromatic heterocycles. The van der Waals surface area contributed by atoms with E-state index < -0.39 is 29.5 Å². The number of benzene rings is 1. The summed E-state index contributed by atoms with van der Waals surface area (Å²) in [7, 11) is 1.45. The fraction of sp³-hybridized carbons (Fsp3) is 0.312. The lowest BCUT2D eigenvalue weighted by Gasteiger charge is -2.19. The number of hydrogen-bond acceptors (Lipinski definition) is 4. The molecule has 11 heteroatoms. The van der Waals surface area contributed by atoms with Crippen LogP contribution in [0.1, 0.15) is 5.56 Å². The molecule has 0 saturated heterocycles. The normalized spacial score (nSPS) is 21.4. The van der Waals surface area contributed by atoms with Crippen molar-refractivity contribution in [1.29, 1.82) is 10.8 Å². The van der Waals surface area contributed by atoms with Crippen molar-refractivity contribution in [1.82, 2.24) is 4.90 Å². The van der Waals surface area contributed by atoms with E-state index in [1.165, 1.54) is 11.9 Å². The lowest BCUT2D eigenvalue weighted by molar-refractivity contribution is -0.249. The largest absolute Gasteiger partial charge is 0.459 e. The monoisotopic (exact) mass is 405 g/mol. The van der Waals surface area contributed by atoms with Crippen molar-refractivity contribution in [2.75, 3.05) is 12.4 Å². The van der Waals surface area contributed by atoms with Gasteiger partial charge in [0.05, 0.1) is 6.04 Å². The molecule has 1 atom stereocenters. The molecule has 0 spiro atoms. The summed E-state index contributed by atoms with van der Waals surface area (Å²) in [6, 6.07) is 4.78. The van der Waals surface area contributed by atoms with Crippen LogP contribution in [-0.4, -0.2) is 47.5 Å². The Balaban J connectivity index is 1.87.